The number of rotatable bonds is 4. The van der Waals surface area contributed by atoms with E-state index in [0.29, 0.717) is 0 Å². The van der Waals surface area contributed by atoms with Crippen LogP contribution >= 0.6 is 0 Å². The molecule has 0 rings (SSSR count). The topological polar surface area (TPSA) is 12.4 Å². The molecule has 0 amide bonds. The first-order valence-electron chi connectivity index (χ1n) is 5.26. The van der Waals surface area contributed by atoms with Gasteiger partial charge in [-0.15, -0.1) is 12.3 Å². The summed E-state index contributed by atoms with van der Waals surface area (Å²) < 4.78 is 0. The van der Waals surface area contributed by atoms with E-state index in [2.05, 4.69) is 36.4 Å². The first-order valence-corrected chi connectivity index (χ1v) is 5.26. The van der Waals surface area contributed by atoms with Crippen molar-refractivity contribution in [2.45, 2.75) is 47.0 Å². The third-order valence-corrected chi connectivity index (χ3v) is 1.05. The van der Waals surface area contributed by atoms with Crippen molar-refractivity contribution in [2.75, 3.05) is 7.05 Å². The van der Waals surface area contributed by atoms with Gasteiger partial charge in [-0.1, -0.05) is 39.3 Å². The van der Waals surface area contributed by atoms with Crippen LogP contribution in [0.4, 0.5) is 0 Å². The van der Waals surface area contributed by atoms with Crippen LogP contribution in [0.15, 0.2) is 17.1 Å². The van der Waals surface area contributed by atoms with Crippen LogP contribution in [0.25, 0.3) is 0 Å². The highest BCUT2D eigenvalue weighted by Gasteiger charge is 1.71. The Kier molecular flexibility index (Phi) is 39.6. The molecule has 1 heteroatoms. The summed E-state index contributed by atoms with van der Waals surface area (Å²) in [5, 5.41) is 0. The van der Waals surface area contributed by atoms with Crippen molar-refractivity contribution in [3.8, 4) is 12.3 Å². The van der Waals surface area contributed by atoms with Crippen molar-refractivity contribution >= 4 is 6.21 Å². The molecule has 0 heterocycles. The number of hydrogen-bond donors (Lipinski definition) is 0. The van der Waals surface area contributed by atoms with Gasteiger partial charge in [0.1, 0.15) is 0 Å². The number of terminal acetylenes is 1. The van der Waals surface area contributed by atoms with E-state index in [4.69, 9.17) is 0 Å². The summed E-state index contributed by atoms with van der Waals surface area (Å²) in [5.41, 5.74) is 0. The van der Waals surface area contributed by atoms with E-state index in [1.165, 1.54) is 12.8 Å². The monoisotopic (exact) mass is 195 g/mol. The number of hydrogen-bond acceptors (Lipinski definition) is 1. The molecule has 0 aliphatic heterocycles. The van der Waals surface area contributed by atoms with Crippen LogP contribution in [0.3, 0.4) is 0 Å². The second-order valence-corrected chi connectivity index (χ2v) is 2.23. The molecule has 14 heavy (non-hydrogen) atoms. The van der Waals surface area contributed by atoms with Crippen molar-refractivity contribution in [1.29, 1.82) is 0 Å². The third-order valence-electron chi connectivity index (χ3n) is 1.05. The lowest BCUT2D eigenvalue weighted by atomic mass is 10.3. The Bertz CT molecular complexity index is 149. The Labute approximate surface area is 90.3 Å². The molecule has 0 bridgehead atoms. The van der Waals surface area contributed by atoms with Crippen LogP contribution in [-0.2, 0) is 0 Å². The van der Waals surface area contributed by atoms with Gasteiger partial charge >= 0.3 is 0 Å². The van der Waals surface area contributed by atoms with Crippen molar-refractivity contribution in [2.24, 2.45) is 4.99 Å². The molecule has 82 valence electrons. The van der Waals surface area contributed by atoms with Crippen LogP contribution in [0.5, 0.6) is 0 Å². The van der Waals surface area contributed by atoms with Crippen LogP contribution in [0, 0.1) is 12.3 Å². The van der Waals surface area contributed by atoms with E-state index in [1.807, 2.05) is 20.1 Å². The second-order valence-electron chi connectivity index (χ2n) is 2.23. The maximum atomic E-state index is 4.60. The van der Waals surface area contributed by atoms with Crippen LogP contribution in [-0.4, -0.2) is 13.3 Å². The van der Waals surface area contributed by atoms with Crippen LogP contribution in [0.2, 0.25) is 0 Å². The summed E-state index contributed by atoms with van der Waals surface area (Å²) in [5.74, 6) is 2.25. The molecule has 0 aromatic carbocycles. The number of aliphatic imine (C=N–C) groups is 1. The van der Waals surface area contributed by atoms with Crippen molar-refractivity contribution in [3.63, 3.8) is 0 Å². The van der Waals surface area contributed by atoms with Gasteiger partial charge in [-0.25, -0.2) is 0 Å². The maximum Gasteiger partial charge on any atom is 0.0273 e. The zero-order valence-corrected chi connectivity index (χ0v) is 10.4. The molecule has 0 aliphatic rings. The molecule has 0 saturated carbocycles. The van der Waals surface area contributed by atoms with Gasteiger partial charge in [0, 0.05) is 19.7 Å². The van der Waals surface area contributed by atoms with E-state index in [0.717, 1.165) is 6.42 Å². The lowest BCUT2D eigenvalue weighted by Gasteiger charge is -1.81. The average molecular weight is 195 g/mol. The minimum absolute atomic E-state index is 0.983. The molecule has 0 radical (unpaired) electrons. The quantitative estimate of drug-likeness (QED) is 0.364. The number of unbranched alkanes of at least 4 members (excludes halogenated alkanes) is 1. The van der Waals surface area contributed by atoms with E-state index < -0.39 is 0 Å². The summed E-state index contributed by atoms with van der Waals surface area (Å²) >= 11 is 0. The highest BCUT2D eigenvalue weighted by molar-refractivity contribution is 5.58. The first-order chi connectivity index (χ1) is 6.83. The molecule has 1 nitrogen and oxygen atoms in total. The maximum absolute atomic E-state index is 4.60. The fourth-order valence-electron chi connectivity index (χ4n) is 0.547. The molecule has 0 aliphatic carbocycles. The molecule has 0 spiro atoms. The summed E-state index contributed by atoms with van der Waals surface area (Å²) in [4.78, 5) is 3.86. The van der Waals surface area contributed by atoms with Gasteiger partial charge < -0.3 is 4.99 Å². The summed E-state index contributed by atoms with van der Waals surface area (Å²) in [7, 11) is 1.80. The molecule has 0 unspecified atom stereocenters. The third kappa shape index (κ3) is 44.1. The zero-order chi connectivity index (χ0) is 11.7. The van der Waals surface area contributed by atoms with Gasteiger partial charge in [0.15, 0.2) is 0 Å². The largest absolute Gasteiger partial charge is 0.301 e. The van der Waals surface area contributed by atoms with E-state index in [9.17, 15) is 0 Å². The molecule has 0 aromatic heterocycles. The van der Waals surface area contributed by atoms with E-state index in [-0.39, 0.29) is 0 Å². The predicted octanol–water partition coefficient (Wildman–Crippen LogP) is 4.10. The Hall–Kier alpha value is -1.03. The van der Waals surface area contributed by atoms with Gasteiger partial charge in [0.25, 0.3) is 0 Å². The van der Waals surface area contributed by atoms with Gasteiger partial charge in [0.2, 0.25) is 0 Å². The number of nitrogens with zero attached hydrogens (tertiary/aromatic N) is 1. The summed E-state index contributed by atoms with van der Waals surface area (Å²) in [6.45, 7) is 7.83. The first kappa shape index (κ1) is 18.7. The van der Waals surface area contributed by atoms with Crippen molar-refractivity contribution in [1.82, 2.24) is 0 Å². The molecule has 0 saturated heterocycles. The standard InChI is InChI=1S/C8H15N.C3H4.C2H6/c1-3-4-5-6-7-8-9-2;1-3-2;1-2/h5-6,8H,3-4,7H2,1-2H3;1H,2H3;1-2H3/b6-5+,9-8?;;. The van der Waals surface area contributed by atoms with Crippen LogP contribution < -0.4 is 0 Å². The lowest BCUT2D eigenvalue weighted by molar-refractivity contribution is 0.956. The van der Waals surface area contributed by atoms with E-state index in [1.54, 1.807) is 14.0 Å². The lowest BCUT2D eigenvalue weighted by Crippen LogP contribution is -1.68. The van der Waals surface area contributed by atoms with Crippen molar-refractivity contribution in [3.05, 3.63) is 12.2 Å². The average Bonchev–Trinajstić information content (AvgIpc) is 2.22. The fourth-order valence-corrected chi connectivity index (χ4v) is 0.547. The van der Waals surface area contributed by atoms with Gasteiger partial charge in [-0.05, 0) is 13.3 Å². The van der Waals surface area contributed by atoms with E-state index >= 15 is 0 Å². The van der Waals surface area contributed by atoms with Gasteiger partial charge in [-0.3, -0.25) is 0 Å². The molecule has 0 atom stereocenters. The van der Waals surface area contributed by atoms with Crippen molar-refractivity contribution < 1.29 is 0 Å². The zero-order valence-electron chi connectivity index (χ0n) is 10.4. The summed E-state index contributed by atoms with van der Waals surface area (Å²) in [6, 6.07) is 0. The Morgan fingerprint density at radius 3 is 2.14 bits per heavy atom. The fraction of sp³-hybridized carbons (Fsp3) is 0.615. The highest BCUT2D eigenvalue weighted by atomic mass is 14.6. The number of allylic oxidation sites excluding steroid dienone is 2. The molecule has 0 aromatic rings. The minimum atomic E-state index is 0.983. The molecule has 0 N–H and O–H groups in total. The molecular formula is C13H25N. The minimum Gasteiger partial charge on any atom is -0.301 e. The highest BCUT2D eigenvalue weighted by Crippen LogP contribution is 1.88. The Morgan fingerprint density at radius 1 is 1.29 bits per heavy atom. The Morgan fingerprint density at radius 2 is 1.79 bits per heavy atom. The second kappa shape index (κ2) is 29.7. The van der Waals surface area contributed by atoms with Gasteiger partial charge in [-0.2, -0.15) is 0 Å². The normalized spacial score (nSPS) is 8.57. The molecule has 0 fully saturated rings. The smallest absolute Gasteiger partial charge is 0.0273 e. The van der Waals surface area contributed by atoms with Gasteiger partial charge in [0.05, 0.1) is 0 Å². The summed E-state index contributed by atoms with van der Waals surface area (Å²) in [6.07, 6.45) is 14.3. The predicted molar refractivity (Wildman–Crippen MR) is 68.9 cm³/mol. The molecular weight excluding hydrogens is 170 g/mol. The van der Waals surface area contributed by atoms with Crippen LogP contribution in [0.1, 0.15) is 47.0 Å². The Balaban J connectivity index is -0.000000205. The SMILES string of the molecule is C#CC.CC.CCC/C=C/CC=NC.